The minimum atomic E-state index is -4.78. The Morgan fingerprint density at radius 1 is 0.509 bits per heavy atom. The van der Waals surface area contributed by atoms with Crippen LogP contribution in [0.3, 0.4) is 0 Å². The molecule has 16 nitrogen and oxygen atoms in total. The molecule has 7 rings (SSSR count). The molecule has 6 aromatic carbocycles. The van der Waals surface area contributed by atoms with Crippen molar-refractivity contribution in [3.05, 3.63) is 109 Å². The molecule has 19 heteroatoms. The third-order valence-electron chi connectivity index (χ3n) is 9.08. The van der Waals surface area contributed by atoms with Crippen molar-refractivity contribution in [3.8, 4) is 11.1 Å². The molecular weight excluding hydrogens is 956 g/mol. The van der Waals surface area contributed by atoms with E-state index in [1.165, 1.54) is 25.0 Å². The summed E-state index contributed by atoms with van der Waals surface area (Å²) in [4.78, 5) is -0.851. The van der Waals surface area contributed by atoms with E-state index in [1.807, 2.05) is 24.3 Å². The second-order valence-corrected chi connectivity index (χ2v) is 15.4. The Kier molecular flexibility index (Phi) is 15.8. The zero-order chi connectivity index (χ0) is 38.6. The van der Waals surface area contributed by atoms with Gasteiger partial charge in [-0.1, -0.05) is 85.6 Å². The van der Waals surface area contributed by atoms with E-state index in [4.69, 9.17) is 22.9 Å². The van der Waals surface area contributed by atoms with Crippen molar-refractivity contribution in [2.45, 2.75) is 47.6 Å². The van der Waals surface area contributed by atoms with E-state index in [9.17, 15) is 25.9 Å². The van der Waals surface area contributed by atoms with Gasteiger partial charge in [-0.05, 0) is 60.4 Å². The largest absolute Gasteiger partial charge is 4.00 e. The van der Waals surface area contributed by atoms with Gasteiger partial charge in [0.2, 0.25) is 0 Å². The van der Waals surface area contributed by atoms with E-state index in [0.717, 1.165) is 36.1 Å². The first kappa shape index (κ1) is 46.4. The molecule has 1 saturated carbocycles. The molecule has 0 amide bonds. The van der Waals surface area contributed by atoms with Crippen molar-refractivity contribution in [1.29, 1.82) is 0 Å². The van der Waals surface area contributed by atoms with Crippen molar-refractivity contribution in [3.63, 3.8) is 0 Å². The molecule has 2 unspecified atom stereocenters. The topological polar surface area (TPSA) is 334 Å². The summed E-state index contributed by atoms with van der Waals surface area (Å²) in [5.74, 6) is 0. The fourth-order valence-electron chi connectivity index (χ4n) is 6.13. The van der Waals surface area contributed by atoms with Gasteiger partial charge in [0.1, 0.15) is 31.6 Å². The minimum absolute atomic E-state index is 0. The molecule has 6 aromatic rings. The van der Waals surface area contributed by atoms with Crippen molar-refractivity contribution in [1.82, 2.24) is 0 Å². The average molecular weight is 998 g/mol. The Hall–Kier alpha value is -5.01. The van der Waals surface area contributed by atoms with Gasteiger partial charge in [-0.3, -0.25) is 0 Å². The molecule has 0 bridgehead atoms. The predicted molar refractivity (Wildman–Crippen MR) is 217 cm³/mol. The van der Waals surface area contributed by atoms with Crippen LogP contribution in [0.2, 0.25) is 0 Å². The summed E-state index contributed by atoms with van der Waals surface area (Å²) in [7, 11) is -9.57. The summed E-state index contributed by atoms with van der Waals surface area (Å²) in [6, 6.07) is 29.7. The first-order valence-electron chi connectivity index (χ1n) is 16.8. The molecule has 0 spiro atoms. The molecule has 0 heterocycles. The number of nitrogens with zero attached hydrogens (tertiary/aromatic N) is 4. The third-order valence-corrected chi connectivity index (χ3v) is 10.8. The summed E-state index contributed by atoms with van der Waals surface area (Å²) in [5, 5.41) is 17.8. The number of fused-ring (bicyclic) bond motifs is 2. The maximum atomic E-state index is 11.9. The van der Waals surface area contributed by atoms with E-state index < -0.39 is 30.0 Å². The van der Waals surface area contributed by atoms with Crippen LogP contribution in [0.15, 0.2) is 139 Å². The summed E-state index contributed by atoms with van der Waals surface area (Å²) < 4.78 is 71.2. The third kappa shape index (κ3) is 10.9. The quantitative estimate of drug-likeness (QED) is 0.0641. The van der Waals surface area contributed by atoms with Crippen LogP contribution in [0.5, 0.6) is 0 Å². The van der Waals surface area contributed by atoms with Crippen LogP contribution in [0.4, 0.5) is 34.1 Å². The van der Waals surface area contributed by atoms with Gasteiger partial charge in [-0.2, -0.15) is 10.2 Å². The van der Waals surface area contributed by atoms with Gasteiger partial charge in [-0.15, -0.1) is 10.2 Å². The van der Waals surface area contributed by atoms with Gasteiger partial charge in [0, 0.05) is 33.6 Å². The number of hydrogen-bond donors (Lipinski definition) is 4. The van der Waals surface area contributed by atoms with Gasteiger partial charge >= 0.3 is 21.1 Å². The summed E-state index contributed by atoms with van der Waals surface area (Å²) in [6.45, 7) is 0. The summed E-state index contributed by atoms with van der Waals surface area (Å²) in [6.07, 6.45) is 4.80. The zero-order valence-electron chi connectivity index (χ0n) is 30.2. The zero-order valence-corrected chi connectivity index (χ0v) is 34.1. The van der Waals surface area contributed by atoms with E-state index in [-0.39, 0.29) is 77.6 Å². The minimum Gasteiger partial charge on any atom is -0.744 e. The number of nitrogen functional groups attached to an aromatic ring is 2. The summed E-state index contributed by atoms with van der Waals surface area (Å²) >= 11 is 0. The van der Waals surface area contributed by atoms with Gasteiger partial charge in [0.25, 0.3) is 0 Å². The maximum absolute atomic E-state index is 11.9. The van der Waals surface area contributed by atoms with Crippen LogP contribution in [-0.2, 0) is 52.3 Å². The van der Waals surface area contributed by atoms with Crippen LogP contribution >= 0.6 is 0 Å². The summed E-state index contributed by atoms with van der Waals surface area (Å²) in [5.41, 5.74) is 26.8. The second kappa shape index (κ2) is 19.4. The van der Waals surface area contributed by atoms with Crippen molar-refractivity contribution in [2.75, 3.05) is 11.5 Å². The standard InChI is InChI=1S/C32H24N6O6S2.C6H14N2.2H2O.Pt/c33-31-25-7-3-1-5-23(25)29(45(39,40)41)17-27(31)37-35-21-13-9-19(10-14-21)20-11-15-22(16-12-20)36-38-28-18-30(46(42,43)44)24-6-2-4-8-26(24)32(28)34;7-5-3-1-2-4-6(5)8;;;/h1-18H,33-34H2,(H,39,40,41)(H,42,43,44);5-6H,1-4,7-8H2;2*1H2;/q;;;;+4. The van der Waals surface area contributed by atoms with Crippen LogP contribution in [-0.4, -0.2) is 38.0 Å². The number of rotatable bonds is 7. The van der Waals surface area contributed by atoms with Crippen molar-refractivity contribution in [2.24, 2.45) is 31.9 Å². The molecule has 57 heavy (non-hydrogen) atoms. The molecule has 1 fully saturated rings. The van der Waals surface area contributed by atoms with Gasteiger partial charge in [0.15, 0.2) is 0 Å². The predicted octanol–water partition coefficient (Wildman–Crippen LogP) is 5.83. The molecule has 2 atom stereocenters. The molecule has 1 aliphatic carbocycles. The van der Waals surface area contributed by atoms with Crippen LogP contribution < -0.4 is 22.9 Å². The first-order valence-corrected chi connectivity index (χ1v) is 19.6. The van der Waals surface area contributed by atoms with E-state index in [2.05, 4.69) is 20.5 Å². The smallest absolute Gasteiger partial charge is 0.744 e. The Balaban J connectivity index is 0.000000708. The average Bonchev–Trinajstić information content (AvgIpc) is 3.15. The van der Waals surface area contributed by atoms with Crippen molar-refractivity contribution < 1.29 is 58.0 Å². The fourth-order valence-corrected chi connectivity index (χ4v) is 7.54. The normalized spacial score (nSPS) is 15.6. The van der Waals surface area contributed by atoms with Gasteiger partial charge in [0.05, 0.1) is 32.5 Å². The molecular formula is C38H42N8O8PtS2+4. The van der Waals surface area contributed by atoms with Crippen LogP contribution in [0.1, 0.15) is 25.7 Å². The van der Waals surface area contributed by atoms with Gasteiger partial charge < -0.3 is 43.0 Å². The van der Waals surface area contributed by atoms with Crippen molar-refractivity contribution >= 4 is 75.9 Å². The SMILES string of the molecule is NC1CCCCC1N.Nc1c(N=Nc2ccc(-c3ccc(N=Nc4cc(S(=O)(=O)[O-])c5ccccc5c4N)cc3)cc2)cc(S(=O)(=O)[O-])c2ccccc12.[OH3+].[OH3+].[Pt+4]. The molecule has 14 N–H and O–H groups in total. The fraction of sp³-hybridized carbons (Fsp3) is 0.158. The first-order chi connectivity index (χ1) is 25.7. The monoisotopic (exact) mass is 997 g/mol. The van der Waals surface area contributed by atoms with E-state index in [1.54, 1.807) is 60.7 Å². The molecule has 300 valence electrons. The molecule has 0 aromatic heterocycles. The number of nitrogens with two attached hydrogens (primary N) is 4. The maximum Gasteiger partial charge on any atom is 4.00 e. The number of hydrogen-bond acceptors (Lipinski definition) is 14. The second-order valence-electron chi connectivity index (χ2n) is 12.7. The van der Waals surface area contributed by atoms with Gasteiger partial charge in [-0.25, -0.2) is 16.8 Å². The Bertz CT molecular complexity index is 2450. The number of benzene rings is 6. The molecule has 0 radical (unpaired) electrons. The van der Waals surface area contributed by atoms with Crippen LogP contribution in [0.25, 0.3) is 32.7 Å². The number of azo groups is 2. The number of anilines is 2. The Labute approximate surface area is 343 Å². The van der Waals surface area contributed by atoms with Crippen LogP contribution in [0, 0.1) is 0 Å². The van der Waals surface area contributed by atoms with E-state index in [0.29, 0.717) is 22.1 Å². The Morgan fingerprint density at radius 3 is 1.12 bits per heavy atom. The Morgan fingerprint density at radius 2 is 0.825 bits per heavy atom. The molecule has 1 aliphatic rings. The molecule has 0 saturated heterocycles. The van der Waals surface area contributed by atoms with E-state index >= 15 is 0 Å². The molecule has 0 aliphatic heterocycles.